The van der Waals surface area contributed by atoms with Crippen LogP contribution in [0, 0.1) is 0 Å². The maximum Gasteiger partial charge on any atom is 0.231 e. The van der Waals surface area contributed by atoms with Crippen LogP contribution in [0.2, 0.25) is 0 Å². The molecule has 2 heterocycles. The second-order valence-electron chi connectivity index (χ2n) is 5.09. The molecule has 2 aromatic carbocycles. The SMILES string of the molecule is CNc1cccc2c1CN(c1ccc3c(c1)OCO3)C2. The first kappa shape index (κ1) is 11.5. The van der Waals surface area contributed by atoms with E-state index in [2.05, 4.69) is 40.5 Å². The molecule has 0 aromatic heterocycles. The molecule has 4 heteroatoms. The smallest absolute Gasteiger partial charge is 0.231 e. The molecule has 0 bridgehead atoms. The second kappa shape index (κ2) is 4.34. The van der Waals surface area contributed by atoms with Gasteiger partial charge in [0.05, 0.1) is 0 Å². The first-order valence-electron chi connectivity index (χ1n) is 6.78. The first-order chi connectivity index (χ1) is 9.85. The molecular formula is C16H16N2O2. The highest BCUT2D eigenvalue weighted by Gasteiger charge is 2.23. The van der Waals surface area contributed by atoms with Crippen LogP contribution in [0.25, 0.3) is 0 Å². The normalized spacial score (nSPS) is 15.3. The molecule has 2 aliphatic rings. The van der Waals surface area contributed by atoms with Crippen LogP contribution in [0.5, 0.6) is 11.5 Å². The predicted molar refractivity (Wildman–Crippen MR) is 78.4 cm³/mol. The van der Waals surface area contributed by atoms with Crippen molar-refractivity contribution in [2.75, 3.05) is 24.1 Å². The standard InChI is InChI=1S/C16H16N2O2/c1-17-14-4-2-3-11-8-18(9-13(11)14)12-5-6-15-16(7-12)20-10-19-15/h2-7,17H,8-10H2,1H3. The average molecular weight is 268 g/mol. The van der Waals surface area contributed by atoms with Gasteiger partial charge in [-0.3, -0.25) is 0 Å². The number of nitrogens with one attached hydrogen (secondary N) is 1. The Bertz CT molecular complexity index is 670. The van der Waals surface area contributed by atoms with Crippen molar-refractivity contribution in [3.05, 3.63) is 47.5 Å². The first-order valence-corrected chi connectivity index (χ1v) is 6.78. The lowest BCUT2D eigenvalue weighted by molar-refractivity contribution is 0.174. The minimum Gasteiger partial charge on any atom is -0.454 e. The number of rotatable bonds is 2. The van der Waals surface area contributed by atoms with E-state index < -0.39 is 0 Å². The lowest BCUT2D eigenvalue weighted by Crippen LogP contribution is -2.14. The maximum atomic E-state index is 5.46. The largest absolute Gasteiger partial charge is 0.454 e. The van der Waals surface area contributed by atoms with E-state index in [9.17, 15) is 0 Å². The molecule has 0 unspecified atom stereocenters. The van der Waals surface area contributed by atoms with Gasteiger partial charge in [0.15, 0.2) is 11.5 Å². The third-order valence-corrected chi connectivity index (χ3v) is 3.97. The van der Waals surface area contributed by atoms with Gasteiger partial charge >= 0.3 is 0 Å². The minimum atomic E-state index is 0.322. The van der Waals surface area contributed by atoms with E-state index in [-0.39, 0.29) is 0 Å². The van der Waals surface area contributed by atoms with E-state index in [0.717, 1.165) is 24.6 Å². The summed E-state index contributed by atoms with van der Waals surface area (Å²) in [5, 5.41) is 3.27. The number of hydrogen-bond donors (Lipinski definition) is 1. The molecule has 2 aliphatic heterocycles. The van der Waals surface area contributed by atoms with E-state index in [4.69, 9.17) is 9.47 Å². The number of nitrogens with zero attached hydrogens (tertiary/aromatic N) is 1. The van der Waals surface area contributed by atoms with Crippen molar-refractivity contribution in [3.8, 4) is 11.5 Å². The zero-order chi connectivity index (χ0) is 13.5. The Morgan fingerprint density at radius 2 is 1.95 bits per heavy atom. The van der Waals surface area contributed by atoms with Gasteiger partial charge in [-0.15, -0.1) is 0 Å². The van der Waals surface area contributed by atoms with Crippen LogP contribution in [0.15, 0.2) is 36.4 Å². The summed E-state index contributed by atoms with van der Waals surface area (Å²) < 4.78 is 10.8. The summed E-state index contributed by atoms with van der Waals surface area (Å²) in [5.74, 6) is 1.67. The molecule has 0 atom stereocenters. The van der Waals surface area contributed by atoms with Crippen LogP contribution in [0.4, 0.5) is 11.4 Å². The maximum absolute atomic E-state index is 5.46. The third-order valence-electron chi connectivity index (χ3n) is 3.97. The summed E-state index contributed by atoms with van der Waals surface area (Å²) in [4.78, 5) is 2.35. The Kier molecular flexibility index (Phi) is 2.49. The van der Waals surface area contributed by atoms with Gasteiger partial charge in [0, 0.05) is 37.6 Å². The lowest BCUT2D eigenvalue weighted by Gasteiger charge is -2.18. The molecule has 0 saturated carbocycles. The van der Waals surface area contributed by atoms with Crippen molar-refractivity contribution in [3.63, 3.8) is 0 Å². The molecule has 0 saturated heterocycles. The molecule has 4 nitrogen and oxygen atoms in total. The van der Waals surface area contributed by atoms with Crippen LogP contribution < -0.4 is 19.7 Å². The molecule has 0 amide bonds. The van der Waals surface area contributed by atoms with Crippen molar-refractivity contribution in [1.82, 2.24) is 0 Å². The summed E-state index contributed by atoms with van der Waals surface area (Å²) >= 11 is 0. The molecule has 2 aromatic rings. The van der Waals surface area contributed by atoms with E-state index in [1.54, 1.807) is 0 Å². The van der Waals surface area contributed by atoms with E-state index in [0.29, 0.717) is 6.79 Å². The van der Waals surface area contributed by atoms with Gasteiger partial charge in [-0.2, -0.15) is 0 Å². The summed E-state index contributed by atoms with van der Waals surface area (Å²) in [6.45, 7) is 2.18. The predicted octanol–water partition coefficient (Wildman–Crippen LogP) is 2.98. The van der Waals surface area contributed by atoms with E-state index in [1.165, 1.54) is 22.5 Å². The number of anilines is 2. The van der Waals surface area contributed by atoms with Gasteiger partial charge < -0.3 is 19.7 Å². The van der Waals surface area contributed by atoms with Gasteiger partial charge in [-0.05, 0) is 29.3 Å². The van der Waals surface area contributed by atoms with Crippen LogP contribution in [-0.4, -0.2) is 13.8 Å². The van der Waals surface area contributed by atoms with Crippen LogP contribution >= 0.6 is 0 Å². The topological polar surface area (TPSA) is 33.7 Å². The van der Waals surface area contributed by atoms with Gasteiger partial charge in [0.1, 0.15) is 0 Å². The Labute approximate surface area is 117 Å². The summed E-state index contributed by atoms with van der Waals surface area (Å²) in [7, 11) is 1.97. The highest BCUT2D eigenvalue weighted by molar-refractivity contribution is 5.63. The molecule has 4 rings (SSSR count). The van der Waals surface area contributed by atoms with Crippen molar-refractivity contribution >= 4 is 11.4 Å². The fraction of sp³-hybridized carbons (Fsp3) is 0.250. The monoisotopic (exact) mass is 268 g/mol. The zero-order valence-corrected chi connectivity index (χ0v) is 11.3. The van der Waals surface area contributed by atoms with Crippen molar-refractivity contribution < 1.29 is 9.47 Å². The van der Waals surface area contributed by atoms with Gasteiger partial charge in [-0.25, -0.2) is 0 Å². The van der Waals surface area contributed by atoms with Gasteiger partial charge in [0.25, 0.3) is 0 Å². The molecule has 0 fully saturated rings. The number of benzene rings is 2. The molecule has 1 N–H and O–H groups in total. The summed E-state index contributed by atoms with van der Waals surface area (Å²) in [6, 6.07) is 12.6. The summed E-state index contributed by atoms with van der Waals surface area (Å²) in [5.41, 5.74) is 5.15. The van der Waals surface area contributed by atoms with Gasteiger partial charge in [-0.1, -0.05) is 12.1 Å². The zero-order valence-electron chi connectivity index (χ0n) is 11.3. The van der Waals surface area contributed by atoms with Crippen LogP contribution in [0.1, 0.15) is 11.1 Å². The van der Waals surface area contributed by atoms with Crippen molar-refractivity contribution in [2.45, 2.75) is 13.1 Å². The highest BCUT2D eigenvalue weighted by atomic mass is 16.7. The Hall–Kier alpha value is -2.36. The van der Waals surface area contributed by atoms with Crippen molar-refractivity contribution in [2.24, 2.45) is 0 Å². The Morgan fingerprint density at radius 3 is 2.85 bits per heavy atom. The third kappa shape index (κ3) is 1.68. The molecular weight excluding hydrogens is 252 g/mol. The lowest BCUT2D eigenvalue weighted by atomic mass is 10.1. The van der Waals surface area contributed by atoms with Crippen LogP contribution in [0.3, 0.4) is 0 Å². The van der Waals surface area contributed by atoms with E-state index in [1.807, 2.05) is 13.1 Å². The highest BCUT2D eigenvalue weighted by Crippen LogP contribution is 2.38. The number of hydrogen-bond acceptors (Lipinski definition) is 4. The summed E-state index contributed by atoms with van der Waals surface area (Å²) in [6.07, 6.45) is 0. The molecule has 0 spiro atoms. The number of ether oxygens (including phenoxy) is 2. The fourth-order valence-electron chi connectivity index (χ4n) is 2.92. The average Bonchev–Trinajstić information content (AvgIpc) is 3.11. The fourth-order valence-corrected chi connectivity index (χ4v) is 2.92. The second-order valence-corrected chi connectivity index (χ2v) is 5.09. The molecule has 0 radical (unpaired) electrons. The molecule has 102 valence electrons. The van der Waals surface area contributed by atoms with E-state index >= 15 is 0 Å². The molecule has 20 heavy (non-hydrogen) atoms. The van der Waals surface area contributed by atoms with Crippen molar-refractivity contribution in [1.29, 1.82) is 0 Å². The Balaban J connectivity index is 1.66. The van der Waals surface area contributed by atoms with Crippen LogP contribution in [-0.2, 0) is 13.1 Å². The quantitative estimate of drug-likeness (QED) is 0.908. The number of fused-ring (bicyclic) bond motifs is 2. The Morgan fingerprint density at radius 1 is 1.05 bits per heavy atom. The molecule has 0 aliphatic carbocycles. The van der Waals surface area contributed by atoms with Gasteiger partial charge in [0.2, 0.25) is 6.79 Å². The minimum absolute atomic E-state index is 0.322.